The lowest BCUT2D eigenvalue weighted by Crippen LogP contribution is -2.53. The number of hydrogen-bond acceptors (Lipinski definition) is 4. The highest BCUT2D eigenvalue weighted by Gasteiger charge is 2.33. The molecule has 0 saturated carbocycles. The van der Waals surface area contributed by atoms with Gasteiger partial charge in [-0.15, -0.1) is 0 Å². The summed E-state index contributed by atoms with van der Waals surface area (Å²) in [4.78, 5) is 0. The molecule has 1 fully saturated rings. The van der Waals surface area contributed by atoms with E-state index in [0.717, 1.165) is 17.7 Å². The molecule has 1 aromatic carbocycles. The second kappa shape index (κ2) is 8.29. The zero-order valence-corrected chi connectivity index (χ0v) is 15.6. The van der Waals surface area contributed by atoms with E-state index in [0.29, 0.717) is 39.3 Å². The molecule has 0 aromatic heterocycles. The average molecular weight is 356 g/mol. The molecular weight excluding hydrogens is 328 g/mol. The number of benzene rings is 1. The Morgan fingerprint density at radius 1 is 1.38 bits per heavy atom. The molecule has 2 rings (SSSR count). The molecule has 1 aliphatic rings. The highest BCUT2D eigenvalue weighted by atomic mass is 32.2. The third-order valence-electron chi connectivity index (χ3n) is 3.80. The fourth-order valence-electron chi connectivity index (χ4n) is 2.60. The van der Waals surface area contributed by atoms with Gasteiger partial charge in [0.2, 0.25) is 0 Å². The summed E-state index contributed by atoms with van der Waals surface area (Å²) in [6, 6.07) is 7.78. The van der Waals surface area contributed by atoms with Crippen molar-refractivity contribution in [3.63, 3.8) is 0 Å². The lowest BCUT2D eigenvalue weighted by atomic mass is 10.1. The van der Waals surface area contributed by atoms with Gasteiger partial charge in [-0.25, -0.2) is 4.72 Å². The van der Waals surface area contributed by atoms with E-state index in [1.807, 2.05) is 38.1 Å². The minimum atomic E-state index is -3.48. The number of morpholine rings is 1. The van der Waals surface area contributed by atoms with Crippen LogP contribution in [0.1, 0.15) is 32.8 Å². The van der Waals surface area contributed by atoms with Crippen LogP contribution in [0.4, 0.5) is 0 Å². The minimum Gasteiger partial charge on any atom is -0.494 e. The van der Waals surface area contributed by atoms with Gasteiger partial charge in [0.15, 0.2) is 0 Å². The van der Waals surface area contributed by atoms with E-state index in [2.05, 4.69) is 11.6 Å². The summed E-state index contributed by atoms with van der Waals surface area (Å²) < 4.78 is 40.1. The van der Waals surface area contributed by atoms with Gasteiger partial charge in [-0.2, -0.15) is 12.7 Å². The van der Waals surface area contributed by atoms with E-state index >= 15 is 0 Å². The van der Waals surface area contributed by atoms with Crippen molar-refractivity contribution >= 4 is 10.2 Å². The Labute approximate surface area is 145 Å². The average Bonchev–Trinajstić information content (AvgIpc) is 2.52. The fourth-order valence-corrected chi connectivity index (χ4v) is 3.94. The predicted octanol–water partition coefficient (Wildman–Crippen LogP) is 1.96. The van der Waals surface area contributed by atoms with Crippen LogP contribution >= 0.6 is 0 Å². The Morgan fingerprint density at radius 3 is 2.88 bits per heavy atom. The largest absolute Gasteiger partial charge is 0.494 e. The highest BCUT2D eigenvalue weighted by Crippen LogP contribution is 2.18. The minimum absolute atomic E-state index is 0.358. The summed E-state index contributed by atoms with van der Waals surface area (Å²) in [5, 5.41) is 0. The van der Waals surface area contributed by atoms with E-state index in [-0.39, 0.29) is 0 Å². The summed E-state index contributed by atoms with van der Waals surface area (Å²) in [6.45, 7) is 8.07. The van der Waals surface area contributed by atoms with Gasteiger partial charge in [0.25, 0.3) is 10.2 Å². The summed E-state index contributed by atoms with van der Waals surface area (Å²) >= 11 is 0. The molecule has 0 amide bonds. The lowest BCUT2D eigenvalue weighted by Gasteiger charge is -2.37. The standard InChI is InChI=1S/C17H28N2O4S/c1-4-11-22-16-7-5-6-15(13-16)8-9-18-24(20,21)19-10-12-23-17(2,3)14-19/h5-7,13,18H,4,8-12,14H2,1-3H3. The monoisotopic (exact) mass is 356 g/mol. The summed E-state index contributed by atoms with van der Waals surface area (Å²) in [5.41, 5.74) is 0.603. The normalized spacial score (nSPS) is 18.5. The molecule has 1 aromatic rings. The van der Waals surface area contributed by atoms with E-state index < -0.39 is 15.8 Å². The van der Waals surface area contributed by atoms with Crippen molar-refractivity contribution in [2.75, 3.05) is 32.8 Å². The topological polar surface area (TPSA) is 67.9 Å². The van der Waals surface area contributed by atoms with Crippen LogP contribution in [-0.4, -0.2) is 51.2 Å². The highest BCUT2D eigenvalue weighted by molar-refractivity contribution is 7.87. The predicted molar refractivity (Wildman–Crippen MR) is 94.5 cm³/mol. The molecule has 0 aliphatic carbocycles. The Bertz CT molecular complexity index is 631. The maximum Gasteiger partial charge on any atom is 0.279 e. The van der Waals surface area contributed by atoms with Crippen molar-refractivity contribution in [2.45, 2.75) is 39.2 Å². The maximum atomic E-state index is 12.4. The number of nitrogens with zero attached hydrogens (tertiary/aromatic N) is 1. The third kappa shape index (κ3) is 5.73. The molecule has 0 bridgehead atoms. The second-order valence-corrected chi connectivity index (χ2v) is 8.34. The molecule has 0 radical (unpaired) electrons. The second-order valence-electron chi connectivity index (χ2n) is 6.59. The van der Waals surface area contributed by atoms with Gasteiger partial charge in [-0.05, 0) is 44.4 Å². The first-order chi connectivity index (χ1) is 11.3. The van der Waals surface area contributed by atoms with Crippen LogP contribution in [0.3, 0.4) is 0 Å². The number of rotatable bonds is 8. The molecule has 136 valence electrons. The van der Waals surface area contributed by atoms with Crippen LogP contribution in [0.5, 0.6) is 5.75 Å². The van der Waals surface area contributed by atoms with E-state index in [1.54, 1.807) is 0 Å². The molecule has 1 aliphatic heterocycles. The first kappa shape index (κ1) is 19.2. The van der Waals surface area contributed by atoms with Crippen molar-refractivity contribution in [3.05, 3.63) is 29.8 Å². The third-order valence-corrected chi connectivity index (χ3v) is 5.36. The molecule has 1 saturated heterocycles. The number of hydrogen-bond donors (Lipinski definition) is 1. The molecule has 0 spiro atoms. The summed E-state index contributed by atoms with van der Waals surface area (Å²) in [5.74, 6) is 0.826. The van der Waals surface area contributed by atoms with Crippen LogP contribution in [0.2, 0.25) is 0 Å². The van der Waals surface area contributed by atoms with Gasteiger partial charge in [-0.3, -0.25) is 0 Å². The van der Waals surface area contributed by atoms with Crippen molar-refractivity contribution in [2.24, 2.45) is 0 Å². The van der Waals surface area contributed by atoms with Gasteiger partial charge in [0.05, 0.1) is 18.8 Å². The van der Waals surface area contributed by atoms with Gasteiger partial charge in [0, 0.05) is 19.6 Å². The molecule has 7 heteroatoms. The quantitative estimate of drug-likeness (QED) is 0.773. The maximum absolute atomic E-state index is 12.4. The number of nitrogens with one attached hydrogen (secondary N) is 1. The van der Waals surface area contributed by atoms with Crippen LogP contribution in [0.15, 0.2) is 24.3 Å². The van der Waals surface area contributed by atoms with Gasteiger partial charge in [0.1, 0.15) is 5.75 Å². The Kier molecular flexibility index (Phi) is 6.62. The Balaban J connectivity index is 1.86. The molecular formula is C17H28N2O4S. The lowest BCUT2D eigenvalue weighted by molar-refractivity contribution is -0.0643. The smallest absolute Gasteiger partial charge is 0.279 e. The van der Waals surface area contributed by atoms with Crippen molar-refractivity contribution in [1.29, 1.82) is 0 Å². The molecule has 0 atom stereocenters. The van der Waals surface area contributed by atoms with Crippen molar-refractivity contribution in [1.82, 2.24) is 9.03 Å². The fraction of sp³-hybridized carbons (Fsp3) is 0.647. The van der Waals surface area contributed by atoms with Crippen LogP contribution < -0.4 is 9.46 Å². The molecule has 0 unspecified atom stereocenters. The Morgan fingerprint density at radius 2 is 2.17 bits per heavy atom. The zero-order chi connectivity index (χ0) is 17.6. The van der Waals surface area contributed by atoms with E-state index in [4.69, 9.17) is 9.47 Å². The molecule has 6 nitrogen and oxygen atoms in total. The van der Waals surface area contributed by atoms with Gasteiger partial charge in [-0.1, -0.05) is 19.1 Å². The summed E-state index contributed by atoms with van der Waals surface area (Å²) in [6.07, 6.45) is 1.58. The summed E-state index contributed by atoms with van der Waals surface area (Å²) in [7, 11) is -3.48. The first-order valence-corrected chi connectivity index (χ1v) is 9.87. The van der Waals surface area contributed by atoms with Crippen LogP contribution in [0, 0.1) is 0 Å². The van der Waals surface area contributed by atoms with E-state index in [9.17, 15) is 8.42 Å². The SMILES string of the molecule is CCCOc1cccc(CCNS(=O)(=O)N2CCOC(C)(C)C2)c1. The zero-order valence-electron chi connectivity index (χ0n) is 14.7. The Hall–Kier alpha value is -1.15. The van der Waals surface area contributed by atoms with Crippen molar-refractivity contribution < 1.29 is 17.9 Å². The van der Waals surface area contributed by atoms with Crippen LogP contribution in [-0.2, 0) is 21.4 Å². The van der Waals surface area contributed by atoms with Crippen LogP contribution in [0.25, 0.3) is 0 Å². The van der Waals surface area contributed by atoms with Crippen molar-refractivity contribution in [3.8, 4) is 5.75 Å². The van der Waals surface area contributed by atoms with Gasteiger partial charge >= 0.3 is 0 Å². The number of ether oxygens (including phenoxy) is 2. The van der Waals surface area contributed by atoms with E-state index in [1.165, 1.54) is 4.31 Å². The molecule has 1 N–H and O–H groups in total. The first-order valence-electron chi connectivity index (χ1n) is 8.43. The molecule has 24 heavy (non-hydrogen) atoms. The molecule has 1 heterocycles. The van der Waals surface area contributed by atoms with Gasteiger partial charge < -0.3 is 9.47 Å².